The highest BCUT2D eigenvalue weighted by atomic mass is 35.5. The number of imide groups is 1. The number of hydrogen-bond donors (Lipinski definition) is 0. The number of nitrogens with zero attached hydrogens (tertiary/aromatic N) is 1. The van der Waals surface area contributed by atoms with Crippen LogP contribution in [0.25, 0.3) is 6.08 Å². The fourth-order valence-electron chi connectivity index (χ4n) is 2.73. The van der Waals surface area contributed by atoms with E-state index in [0.717, 1.165) is 28.6 Å². The number of ether oxygens (including phenoxy) is 2. The lowest BCUT2D eigenvalue weighted by atomic mass is 10.1. The van der Waals surface area contributed by atoms with E-state index >= 15 is 0 Å². The Morgan fingerprint density at radius 1 is 1.10 bits per heavy atom. The number of rotatable bonds is 7. The van der Waals surface area contributed by atoms with Crippen LogP contribution in [0.4, 0.5) is 4.79 Å². The van der Waals surface area contributed by atoms with Gasteiger partial charge in [0.25, 0.3) is 11.1 Å². The number of benzene rings is 2. The van der Waals surface area contributed by atoms with E-state index in [4.69, 9.17) is 32.7 Å². The molecule has 2 aromatic rings. The predicted octanol–water partition coefficient (Wildman–Crippen LogP) is 6.03. The summed E-state index contributed by atoms with van der Waals surface area (Å²) >= 11 is 13.2. The van der Waals surface area contributed by atoms with Crippen molar-refractivity contribution in [3.63, 3.8) is 0 Å². The van der Waals surface area contributed by atoms with Crippen molar-refractivity contribution in [3.8, 4) is 11.5 Å². The van der Waals surface area contributed by atoms with Gasteiger partial charge in [-0.05, 0) is 54.1 Å². The number of carbonyl (C=O) groups excluding carboxylic acids is 2. The molecule has 8 heteroatoms. The maximum Gasteiger partial charge on any atom is 0.293 e. The van der Waals surface area contributed by atoms with E-state index in [9.17, 15) is 9.59 Å². The van der Waals surface area contributed by atoms with Crippen LogP contribution in [0.15, 0.2) is 41.3 Å². The van der Waals surface area contributed by atoms with E-state index < -0.39 is 0 Å². The highest BCUT2D eigenvalue weighted by Crippen LogP contribution is 2.36. The molecule has 0 bridgehead atoms. The van der Waals surface area contributed by atoms with Gasteiger partial charge in [-0.2, -0.15) is 0 Å². The van der Waals surface area contributed by atoms with Crippen molar-refractivity contribution < 1.29 is 19.1 Å². The first-order valence-corrected chi connectivity index (χ1v) is 10.5. The summed E-state index contributed by atoms with van der Waals surface area (Å²) < 4.78 is 11.0. The zero-order valence-corrected chi connectivity index (χ0v) is 18.2. The van der Waals surface area contributed by atoms with E-state index in [0.29, 0.717) is 38.6 Å². The van der Waals surface area contributed by atoms with Crippen molar-refractivity contribution in [1.82, 2.24) is 4.90 Å². The Morgan fingerprint density at radius 3 is 2.48 bits per heavy atom. The van der Waals surface area contributed by atoms with Gasteiger partial charge >= 0.3 is 0 Å². The third-order valence-corrected chi connectivity index (χ3v) is 5.81. The molecule has 29 heavy (non-hydrogen) atoms. The second-order valence-corrected chi connectivity index (χ2v) is 8.03. The predicted molar refractivity (Wildman–Crippen MR) is 117 cm³/mol. The lowest BCUT2D eigenvalue weighted by molar-refractivity contribution is -0.123. The van der Waals surface area contributed by atoms with E-state index in [-0.39, 0.29) is 17.7 Å². The average molecular weight is 452 g/mol. The zero-order valence-electron chi connectivity index (χ0n) is 15.9. The third kappa shape index (κ3) is 4.89. The van der Waals surface area contributed by atoms with Gasteiger partial charge in [-0.15, -0.1) is 0 Å². The van der Waals surface area contributed by atoms with Crippen LogP contribution in [0.2, 0.25) is 10.0 Å². The van der Waals surface area contributed by atoms with Crippen LogP contribution in [0.5, 0.6) is 11.5 Å². The van der Waals surface area contributed by atoms with Crippen molar-refractivity contribution in [3.05, 3.63) is 62.5 Å². The highest BCUT2D eigenvalue weighted by Gasteiger charge is 2.35. The summed E-state index contributed by atoms with van der Waals surface area (Å²) in [7, 11) is 1.55. The molecule has 0 unspecified atom stereocenters. The Morgan fingerprint density at radius 2 is 1.83 bits per heavy atom. The second kappa shape index (κ2) is 9.57. The standard InChI is InChI=1S/C21H19Cl2NO4S/c1-3-9-28-17-8-7-13(10-18(17)27-2)11-19-20(25)24(21(26)29-19)12-14-15(22)5-4-6-16(14)23/h4-8,10-11H,3,9,12H2,1-2H3/b19-11-. The summed E-state index contributed by atoms with van der Waals surface area (Å²) in [6.07, 6.45) is 2.54. The molecule has 0 saturated carbocycles. The van der Waals surface area contributed by atoms with Gasteiger partial charge in [0.15, 0.2) is 11.5 Å². The van der Waals surface area contributed by atoms with E-state index in [1.165, 1.54) is 0 Å². The number of hydrogen-bond acceptors (Lipinski definition) is 5. The summed E-state index contributed by atoms with van der Waals surface area (Å²) in [4.78, 5) is 26.6. The number of amides is 2. The minimum atomic E-state index is -0.388. The first kappa shape index (κ1) is 21.6. The van der Waals surface area contributed by atoms with Gasteiger partial charge in [-0.25, -0.2) is 0 Å². The fraction of sp³-hybridized carbons (Fsp3) is 0.238. The minimum Gasteiger partial charge on any atom is -0.493 e. The van der Waals surface area contributed by atoms with Gasteiger partial charge in [0.1, 0.15) is 0 Å². The molecule has 152 valence electrons. The Labute approximate surface area is 183 Å². The summed E-state index contributed by atoms with van der Waals surface area (Å²) in [5.41, 5.74) is 1.27. The van der Waals surface area contributed by atoms with Crippen LogP contribution in [-0.2, 0) is 11.3 Å². The number of thioether (sulfide) groups is 1. The third-order valence-electron chi connectivity index (χ3n) is 4.20. The Hall–Kier alpha value is -2.15. The molecule has 2 amide bonds. The Bertz CT molecular complexity index is 957. The first-order chi connectivity index (χ1) is 13.9. The molecule has 0 aromatic heterocycles. The smallest absolute Gasteiger partial charge is 0.293 e. The van der Waals surface area contributed by atoms with Crippen molar-refractivity contribution in [2.75, 3.05) is 13.7 Å². The maximum absolute atomic E-state index is 12.8. The normalized spacial score (nSPS) is 15.3. The van der Waals surface area contributed by atoms with E-state index in [1.807, 2.05) is 13.0 Å². The minimum absolute atomic E-state index is 0.0215. The summed E-state index contributed by atoms with van der Waals surface area (Å²) in [5.74, 6) is 0.809. The maximum atomic E-state index is 12.8. The molecule has 1 saturated heterocycles. The molecular weight excluding hydrogens is 433 g/mol. The van der Waals surface area contributed by atoms with Gasteiger partial charge in [0.2, 0.25) is 0 Å². The quantitative estimate of drug-likeness (QED) is 0.481. The Kier molecular flexibility index (Phi) is 7.11. The molecule has 2 aromatic carbocycles. The number of carbonyl (C=O) groups is 2. The van der Waals surface area contributed by atoms with Crippen LogP contribution >= 0.6 is 35.0 Å². The van der Waals surface area contributed by atoms with Crippen molar-refractivity contribution in [2.24, 2.45) is 0 Å². The Balaban J connectivity index is 1.83. The van der Waals surface area contributed by atoms with Crippen molar-refractivity contribution >= 4 is 52.2 Å². The molecule has 1 heterocycles. The van der Waals surface area contributed by atoms with E-state index in [2.05, 4.69) is 0 Å². The van der Waals surface area contributed by atoms with Crippen LogP contribution in [0.3, 0.4) is 0 Å². The van der Waals surface area contributed by atoms with Gasteiger partial charge in [0.05, 0.1) is 25.2 Å². The summed E-state index contributed by atoms with van der Waals surface area (Å²) in [6.45, 7) is 2.62. The van der Waals surface area contributed by atoms with Crippen molar-refractivity contribution in [2.45, 2.75) is 19.9 Å². The molecule has 0 N–H and O–H groups in total. The highest BCUT2D eigenvalue weighted by molar-refractivity contribution is 8.18. The molecule has 1 aliphatic rings. The molecule has 0 radical (unpaired) electrons. The summed E-state index contributed by atoms with van der Waals surface area (Å²) in [5, 5.41) is 0.452. The SMILES string of the molecule is CCCOc1ccc(/C=C2\SC(=O)N(Cc3c(Cl)cccc3Cl)C2=O)cc1OC. The lowest BCUT2D eigenvalue weighted by Gasteiger charge is -2.14. The molecular formula is C21H19Cl2NO4S. The lowest BCUT2D eigenvalue weighted by Crippen LogP contribution is -2.27. The van der Waals surface area contributed by atoms with Crippen LogP contribution in [0.1, 0.15) is 24.5 Å². The monoisotopic (exact) mass is 451 g/mol. The van der Waals surface area contributed by atoms with E-state index in [1.54, 1.807) is 43.5 Å². The molecule has 3 rings (SSSR count). The average Bonchev–Trinajstić information content (AvgIpc) is 2.96. The second-order valence-electron chi connectivity index (χ2n) is 6.23. The van der Waals surface area contributed by atoms with Crippen LogP contribution in [0, 0.1) is 0 Å². The topological polar surface area (TPSA) is 55.8 Å². The zero-order chi connectivity index (χ0) is 21.0. The fourth-order valence-corrected chi connectivity index (χ4v) is 4.09. The molecule has 0 aliphatic carbocycles. The van der Waals surface area contributed by atoms with Gasteiger partial charge in [-0.1, -0.05) is 42.3 Å². The van der Waals surface area contributed by atoms with Crippen LogP contribution in [-0.4, -0.2) is 29.8 Å². The molecule has 5 nitrogen and oxygen atoms in total. The molecule has 1 aliphatic heterocycles. The molecule has 0 atom stereocenters. The van der Waals surface area contributed by atoms with Gasteiger partial charge in [-0.3, -0.25) is 14.5 Å². The van der Waals surface area contributed by atoms with Crippen molar-refractivity contribution in [1.29, 1.82) is 0 Å². The summed E-state index contributed by atoms with van der Waals surface area (Å²) in [6, 6.07) is 10.4. The van der Waals surface area contributed by atoms with Crippen LogP contribution < -0.4 is 9.47 Å². The number of methoxy groups -OCH3 is 1. The largest absolute Gasteiger partial charge is 0.493 e. The van der Waals surface area contributed by atoms with Gasteiger partial charge < -0.3 is 9.47 Å². The molecule has 0 spiro atoms. The molecule has 1 fully saturated rings. The van der Waals surface area contributed by atoms with Gasteiger partial charge in [0, 0.05) is 15.6 Å². The number of halogens is 2. The first-order valence-electron chi connectivity index (χ1n) is 8.93.